The van der Waals surface area contributed by atoms with E-state index >= 15 is 0 Å². The van der Waals surface area contributed by atoms with Crippen LogP contribution in [0.15, 0.2) is 35.1 Å². The van der Waals surface area contributed by atoms with E-state index in [9.17, 15) is 5.11 Å². The van der Waals surface area contributed by atoms with Gasteiger partial charge in [-0.2, -0.15) is 0 Å². The van der Waals surface area contributed by atoms with Crippen LogP contribution in [0.1, 0.15) is 5.56 Å². The molecule has 4 nitrogen and oxygen atoms in total. The maximum Gasteiger partial charge on any atom is 0.148 e. The predicted octanol–water partition coefficient (Wildman–Crippen LogP) is 3.25. The molecule has 0 saturated carbocycles. The summed E-state index contributed by atoms with van der Waals surface area (Å²) in [5.41, 5.74) is 1.14. The molecule has 94 valence electrons. The van der Waals surface area contributed by atoms with E-state index < -0.39 is 0 Å². The molecule has 1 heterocycles. The topological polar surface area (TPSA) is 58.0 Å². The van der Waals surface area contributed by atoms with Crippen LogP contribution in [0.5, 0.6) is 5.75 Å². The number of phenols is 1. The second kappa shape index (κ2) is 6.02. The van der Waals surface area contributed by atoms with Gasteiger partial charge in [-0.1, -0.05) is 23.7 Å². The summed E-state index contributed by atoms with van der Waals surface area (Å²) in [4.78, 5) is 7.95. The maximum absolute atomic E-state index is 9.17. The number of benzene rings is 1. The average molecular weight is 329 g/mol. The van der Waals surface area contributed by atoms with Crippen LogP contribution in [0.3, 0.4) is 0 Å². The molecule has 2 aromatic rings. The van der Waals surface area contributed by atoms with E-state index in [2.05, 4.69) is 31.2 Å². The normalized spacial score (nSPS) is 10.3. The fourth-order valence-electron chi connectivity index (χ4n) is 1.46. The minimum absolute atomic E-state index is 0.275. The Hall–Kier alpha value is -1.33. The zero-order valence-electron chi connectivity index (χ0n) is 9.40. The number of halogens is 2. The van der Waals surface area contributed by atoms with Crippen molar-refractivity contribution in [1.82, 2.24) is 9.97 Å². The van der Waals surface area contributed by atoms with Crippen LogP contribution in [0, 0.1) is 0 Å². The third-order valence-corrected chi connectivity index (χ3v) is 3.66. The molecule has 0 aliphatic heterocycles. The molecule has 6 heteroatoms. The van der Waals surface area contributed by atoms with Crippen molar-refractivity contribution in [3.63, 3.8) is 0 Å². The third kappa shape index (κ3) is 3.34. The quantitative estimate of drug-likeness (QED) is 0.846. The highest BCUT2D eigenvalue weighted by molar-refractivity contribution is 9.10. The van der Waals surface area contributed by atoms with Gasteiger partial charge in [0.1, 0.15) is 23.0 Å². The summed E-state index contributed by atoms with van der Waals surface area (Å²) >= 11 is 9.19. The van der Waals surface area contributed by atoms with E-state index in [1.165, 1.54) is 6.33 Å². The summed E-state index contributed by atoms with van der Waals surface area (Å²) in [6, 6.07) is 7.12. The zero-order valence-corrected chi connectivity index (χ0v) is 11.7. The number of aromatic hydroxyl groups is 1. The van der Waals surface area contributed by atoms with Gasteiger partial charge in [0, 0.05) is 6.54 Å². The molecule has 0 bridgehead atoms. The van der Waals surface area contributed by atoms with E-state index in [1.807, 2.05) is 12.1 Å². The lowest BCUT2D eigenvalue weighted by Gasteiger charge is -2.07. The Morgan fingerprint density at radius 3 is 2.67 bits per heavy atom. The minimum Gasteiger partial charge on any atom is -0.508 e. The fraction of sp³-hybridized carbons (Fsp3) is 0.167. The van der Waals surface area contributed by atoms with E-state index in [4.69, 9.17) is 11.6 Å². The van der Waals surface area contributed by atoms with Crippen molar-refractivity contribution < 1.29 is 5.11 Å². The van der Waals surface area contributed by atoms with Crippen LogP contribution in [0.2, 0.25) is 5.15 Å². The van der Waals surface area contributed by atoms with Gasteiger partial charge in [-0.25, -0.2) is 9.97 Å². The van der Waals surface area contributed by atoms with Gasteiger partial charge in [-0.05, 0) is 40.0 Å². The van der Waals surface area contributed by atoms with Gasteiger partial charge in [-0.15, -0.1) is 0 Å². The van der Waals surface area contributed by atoms with Gasteiger partial charge in [0.05, 0.1) is 4.47 Å². The van der Waals surface area contributed by atoms with Crippen LogP contribution in [0.25, 0.3) is 0 Å². The zero-order chi connectivity index (χ0) is 13.0. The van der Waals surface area contributed by atoms with Crippen LogP contribution in [0.4, 0.5) is 5.82 Å². The van der Waals surface area contributed by atoms with Crippen LogP contribution >= 0.6 is 27.5 Å². The van der Waals surface area contributed by atoms with E-state index in [0.29, 0.717) is 15.4 Å². The summed E-state index contributed by atoms with van der Waals surface area (Å²) in [6.45, 7) is 0.719. The molecule has 18 heavy (non-hydrogen) atoms. The molecule has 0 spiro atoms. The van der Waals surface area contributed by atoms with E-state index in [0.717, 1.165) is 18.5 Å². The van der Waals surface area contributed by atoms with Gasteiger partial charge in [0.15, 0.2) is 0 Å². The Morgan fingerprint density at radius 2 is 1.94 bits per heavy atom. The first-order valence-corrected chi connectivity index (χ1v) is 6.51. The summed E-state index contributed by atoms with van der Waals surface area (Å²) in [5.74, 6) is 0.950. The number of anilines is 1. The summed E-state index contributed by atoms with van der Waals surface area (Å²) in [5, 5.41) is 12.7. The maximum atomic E-state index is 9.17. The molecule has 0 unspecified atom stereocenters. The number of nitrogens with one attached hydrogen (secondary N) is 1. The molecular formula is C12H11BrClN3O. The SMILES string of the molecule is Oc1ccc(CCNc2ncnc(Cl)c2Br)cc1. The molecule has 2 N–H and O–H groups in total. The molecule has 0 fully saturated rings. The summed E-state index contributed by atoms with van der Waals surface area (Å²) in [7, 11) is 0. The van der Waals surface area contributed by atoms with Crippen LogP contribution in [-0.2, 0) is 6.42 Å². The first kappa shape index (κ1) is 13.1. The van der Waals surface area contributed by atoms with Crippen molar-refractivity contribution in [2.24, 2.45) is 0 Å². The third-order valence-electron chi connectivity index (χ3n) is 2.39. The predicted molar refractivity (Wildman–Crippen MR) is 75.0 cm³/mol. The van der Waals surface area contributed by atoms with Gasteiger partial charge in [-0.3, -0.25) is 0 Å². The second-order valence-corrected chi connectivity index (χ2v) is 4.82. The van der Waals surface area contributed by atoms with Gasteiger partial charge in [0.25, 0.3) is 0 Å². The summed E-state index contributed by atoms with van der Waals surface area (Å²) < 4.78 is 0.664. The Bertz CT molecular complexity index is 533. The number of nitrogens with zero attached hydrogens (tertiary/aromatic N) is 2. The van der Waals surface area contributed by atoms with Crippen molar-refractivity contribution >= 4 is 33.3 Å². The minimum atomic E-state index is 0.275. The lowest BCUT2D eigenvalue weighted by atomic mass is 10.1. The van der Waals surface area contributed by atoms with Crippen molar-refractivity contribution in [2.45, 2.75) is 6.42 Å². The molecule has 0 radical (unpaired) electrons. The Balaban J connectivity index is 1.92. The van der Waals surface area contributed by atoms with Gasteiger partial charge < -0.3 is 10.4 Å². The monoisotopic (exact) mass is 327 g/mol. The highest BCUT2D eigenvalue weighted by atomic mass is 79.9. The summed E-state index contributed by atoms with van der Waals surface area (Å²) in [6.07, 6.45) is 2.24. The van der Waals surface area contributed by atoms with Crippen molar-refractivity contribution in [3.05, 3.63) is 45.8 Å². The molecular weight excluding hydrogens is 318 g/mol. The standard InChI is InChI=1S/C12H11BrClN3O/c13-10-11(14)16-7-17-12(10)15-6-5-8-1-3-9(18)4-2-8/h1-4,7,18H,5-6H2,(H,15,16,17). The number of hydrogen-bond donors (Lipinski definition) is 2. The van der Waals surface area contributed by atoms with E-state index in [1.54, 1.807) is 12.1 Å². The molecule has 0 aliphatic carbocycles. The molecule has 1 aromatic carbocycles. The fourth-order valence-corrected chi connectivity index (χ4v) is 1.94. The van der Waals surface area contributed by atoms with Crippen LogP contribution < -0.4 is 5.32 Å². The molecule has 0 atom stereocenters. The Labute approximate surface area is 118 Å². The van der Waals surface area contributed by atoms with Crippen LogP contribution in [-0.4, -0.2) is 21.6 Å². The number of aromatic nitrogens is 2. The second-order valence-electron chi connectivity index (χ2n) is 3.67. The molecule has 0 saturated heterocycles. The number of hydrogen-bond acceptors (Lipinski definition) is 4. The Morgan fingerprint density at radius 1 is 1.22 bits per heavy atom. The van der Waals surface area contributed by atoms with Crippen molar-refractivity contribution in [1.29, 1.82) is 0 Å². The molecule has 0 amide bonds. The van der Waals surface area contributed by atoms with E-state index in [-0.39, 0.29) is 5.75 Å². The number of rotatable bonds is 4. The number of phenolic OH excluding ortho intramolecular Hbond substituents is 1. The largest absolute Gasteiger partial charge is 0.508 e. The van der Waals surface area contributed by atoms with Crippen molar-refractivity contribution in [3.8, 4) is 5.75 Å². The smallest absolute Gasteiger partial charge is 0.148 e. The average Bonchev–Trinajstić information content (AvgIpc) is 2.37. The highest BCUT2D eigenvalue weighted by Crippen LogP contribution is 2.25. The first-order chi connectivity index (χ1) is 8.66. The highest BCUT2D eigenvalue weighted by Gasteiger charge is 2.05. The van der Waals surface area contributed by atoms with Crippen molar-refractivity contribution in [2.75, 3.05) is 11.9 Å². The van der Waals surface area contributed by atoms with Gasteiger partial charge in [0.2, 0.25) is 0 Å². The lowest BCUT2D eigenvalue weighted by Crippen LogP contribution is -2.07. The lowest BCUT2D eigenvalue weighted by molar-refractivity contribution is 0.475. The van der Waals surface area contributed by atoms with Gasteiger partial charge >= 0.3 is 0 Å². The molecule has 2 rings (SSSR count). The molecule has 1 aromatic heterocycles. The Kier molecular flexibility index (Phi) is 4.38. The molecule has 0 aliphatic rings. The first-order valence-electron chi connectivity index (χ1n) is 5.34.